The normalized spacial score (nSPS) is 12.8. The Bertz CT molecular complexity index is 1720. The van der Waals surface area contributed by atoms with Crippen molar-refractivity contribution in [1.82, 2.24) is 0 Å². The van der Waals surface area contributed by atoms with Gasteiger partial charge in [0.05, 0.1) is 22.4 Å². The zero-order chi connectivity index (χ0) is 23.8. The fourth-order valence-electron chi connectivity index (χ4n) is 5.61. The third-order valence-electron chi connectivity index (χ3n) is 7.34. The summed E-state index contributed by atoms with van der Waals surface area (Å²) >= 11 is 1.92. The van der Waals surface area contributed by atoms with E-state index in [4.69, 9.17) is 0 Å². The molecule has 0 spiro atoms. The molecule has 0 aliphatic carbocycles. The minimum absolute atomic E-state index is 0.378. The second kappa shape index (κ2) is 7.32. The van der Waals surface area contributed by atoms with E-state index >= 15 is 0 Å². The number of benzene rings is 4. The second-order valence-electron chi connectivity index (χ2n) is 10.3. The Balaban J connectivity index is 1.71. The fraction of sp³-hybridized carbons (Fsp3) is 0.226. The van der Waals surface area contributed by atoms with Crippen molar-refractivity contribution in [1.29, 1.82) is 5.26 Å². The van der Waals surface area contributed by atoms with Crippen molar-refractivity contribution in [3.63, 3.8) is 0 Å². The van der Waals surface area contributed by atoms with Crippen molar-refractivity contribution < 1.29 is 4.57 Å². The average molecular weight is 460 g/mol. The van der Waals surface area contributed by atoms with Gasteiger partial charge in [0, 0.05) is 21.2 Å². The molecule has 0 bridgehead atoms. The lowest BCUT2D eigenvalue weighted by Gasteiger charge is -2.24. The Kier molecular flexibility index (Phi) is 4.57. The van der Waals surface area contributed by atoms with E-state index in [-0.39, 0.29) is 5.41 Å². The summed E-state index contributed by atoms with van der Waals surface area (Å²) in [5.74, 6) is 0. The van der Waals surface area contributed by atoms with Crippen LogP contribution in [0.3, 0.4) is 0 Å². The van der Waals surface area contributed by atoms with Crippen LogP contribution in [0.15, 0.2) is 70.6 Å². The largest absolute Gasteiger partial charge is 0.222 e. The Morgan fingerprint density at radius 3 is 2.38 bits per heavy atom. The average Bonchev–Trinajstić information content (AvgIpc) is 2.83. The maximum Gasteiger partial charge on any atom is 0.222 e. The molecule has 166 valence electrons. The summed E-state index contributed by atoms with van der Waals surface area (Å²) in [6.07, 6.45) is 2.95. The highest BCUT2D eigenvalue weighted by atomic mass is 32.2. The summed E-state index contributed by atoms with van der Waals surface area (Å²) in [5, 5.41) is 17.4. The van der Waals surface area contributed by atoms with E-state index in [1.165, 1.54) is 70.1 Å². The van der Waals surface area contributed by atoms with Gasteiger partial charge in [-0.3, -0.25) is 0 Å². The third kappa shape index (κ3) is 2.99. The van der Waals surface area contributed by atoms with Crippen LogP contribution in [0, 0.1) is 30.6 Å². The van der Waals surface area contributed by atoms with Crippen molar-refractivity contribution >= 4 is 44.1 Å². The number of pyridine rings is 1. The van der Waals surface area contributed by atoms with Gasteiger partial charge in [-0.2, -0.15) is 5.26 Å². The van der Waals surface area contributed by atoms with Crippen molar-refractivity contribution in [3.05, 3.63) is 77.5 Å². The molecule has 1 aliphatic heterocycles. The van der Waals surface area contributed by atoms with E-state index in [1.54, 1.807) is 0 Å². The number of hydrogen-bond acceptors (Lipinski definition) is 2. The van der Waals surface area contributed by atoms with Crippen molar-refractivity contribution in [2.45, 2.75) is 43.9 Å². The van der Waals surface area contributed by atoms with Gasteiger partial charge in [-0.05, 0) is 78.4 Å². The molecule has 1 aromatic heterocycles. The number of nitriles is 1. The number of aromatic nitrogens is 1. The minimum Gasteiger partial charge on any atom is -0.200 e. The van der Waals surface area contributed by atoms with Crippen LogP contribution in [-0.2, 0) is 13.5 Å². The first-order valence-electron chi connectivity index (χ1n) is 11.8. The fourth-order valence-corrected chi connectivity index (χ4v) is 6.94. The molecular formula is C31H27N2S+. The molecule has 1 aliphatic rings. The molecule has 2 nitrogen and oxygen atoms in total. The highest BCUT2D eigenvalue weighted by Gasteiger charge is 2.31. The summed E-state index contributed by atoms with van der Waals surface area (Å²) < 4.78 is 2.29. The first kappa shape index (κ1) is 21.2. The number of rotatable bonds is 2. The third-order valence-corrected chi connectivity index (χ3v) is 8.60. The Labute approximate surface area is 204 Å². The maximum atomic E-state index is 9.54. The van der Waals surface area contributed by atoms with Crippen molar-refractivity contribution in [3.8, 4) is 17.3 Å². The standard InChI is InChI=1S/C31H27N2S/c1-18-22-8-6-7-9-23(22)19(2)30-27(18)29-28-24(12-13-33(29)5)25-14-20(16-31(3,4)17-32)10-11-21(25)15-26(28)34-30/h6-15H,16H2,1-5H3/q+1. The van der Waals surface area contributed by atoms with Crippen LogP contribution in [0.1, 0.15) is 30.5 Å². The van der Waals surface area contributed by atoms with E-state index in [9.17, 15) is 5.26 Å². The highest BCUT2D eigenvalue weighted by molar-refractivity contribution is 8.00. The number of fused-ring (bicyclic) bond motifs is 5. The summed E-state index contributed by atoms with van der Waals surface area (Å²) in [5.41, 5.74) is 6.21. The first-order valence-corrected chi connectivity index (χ1v) is 12.6. The molecule has 0 N–H and O–H groups in total. The molecule has 0 unspecified atom stereocenters. The molecular weight excluding hydrogens is 432 g/mol. The van der Waals surface area contributed by atoms with Gasteiger partial charge in [-0.25, -0.2) is 4.57 Å². The van der Waals surface area contributed by atoms with Crippen molar-refractivity contribution in [2.75, 3.05) is 0 Å². The van der Waals surface area contributed by atoms with Crippen LogP contribution in [-0.4, -0.2) is 0 Å². The summed E-state index contributed by atoms with van der Waals surface area (Å²) in [6.45, 7) is 8.56. The van der Waals surface area contributed by atoms with Gasteiger partial charge >= 0.3 is 0 Å². The highest BCUT2D eigenvalue weighted by Crippen LogP contribution is 2.52. The van der Waals surface area contributed by atoms with Crippen LogP contribution in [0.5, 0.6) is 0 Å². The Morgan fingerprint density at radius 2 is 1.65 bits per heavy atom. The molecule has 4 aromatic carbocycles. The second-order valence-corrected chi connectivity index (χ2v) is 11.3. The van der Waals surface area contributed by atoms with Crippen LogP contribution in [0.2, 0.25) is 0 Å². The maximum absolute atomic E-state index is 9.54. The topological polar surface area (TPSA) is 27.7 Å². The SMILES string of the molecule is Cc1c2c(c(C)c3ccccc13)-c1c3c(cc4ccc(CC(C)(C)C#N)cc4c3cc[n+]1C)S2. The predicted molar refractivity (Wildman–Crippen MR) is 142 cm³/mol. The molecule has 0 radical (unpaired) electrons. The van der Waals surface area contributed by atoms with Gasteiger partial charge in [-0.1, -0.05) is 54.2 Å². The molecule has 0 saturated heterocycles. The van der Waals surface area contributed by atoms with Crippen LogP contribution < -0.4 is 4.57 Å². The first-order chi connectivity index (χ1) is 16.3. The number of hydrogen-bond donors (Lipinski definition) is 0. The van der Waals surface area contributed by atoms with Gasteiger partial charge in [0.15, 0.2) is 6.20 Å². The van der Waals surface area contributed by atoms with Gasteiger partial charge in [0.25, 0.3) is 0 Å². The quantitative estimate of drug-likeness (QED) is 0.195. The molecule has 0 saturated carbocycles. The molecule has 0 amide bonds. The van der Waals surface area contributed by atoms with Crippen molar-refractivity contribution in [2.24, 2.45) is 12.5 Å². The molecule has 2 heterocycles. The Morgan fingerprint density at radius 1 is 0.912 bits per heavy atom. The van der Waals surface area contributed by atoms with Gasteiger partial charge in [-0.15, -0.1) is 0 Å². The van der Waals surface area contributed by atoms with Gasteiger partial charge in [0.1, 0.15) is 7.05 Å². The van der Waals surface area contributed by atoms with Gasteiger partial charge in [0.2, 0.25) is 5.69 Å². The van der Waals surface area contributed by atoms with E-state index in [0.717, 1.165) is 6.42 Å². The zero-order valence-electron chi connectivity index (χ0n) is 20.3. The molecule has 6 rings (SSSR count). The van der Waals surface area contributed by atoms with E-state index in [1.807, 2.05) is 25.6 Å². The van der Waals surface area contributed by atoms with E-state index < -0.39 is 0 Å². The minimum atomic E-state index is -0.378. The lowest BCUT2D eigenvalue weighted by molar-refractivity contribution is -0.659. The predicted octanol–water partition coefficient (Wildman–Crippen LogP) is 7.81. The zero-order valence-corrected chi connectivity index (χ0v) is 21.1. The van der Waals surface area contributed by atoms with Crippen LogP contribution in [0.4, 0.5) is 0 Å². The molecule has 5 aromatic rings. The number of aryl methyl sites for hydroxylation is 3. The van der Waals surface area contributed by atoms with Crippen LogP contribution in [0.25, 0.3) is 43.6 Å². The Hall–Kier alpha value is -3.35. The molecule has 34 heavy (non-hydrogen) atoms. The van der Waals surface area contributed by atoms with E-state index in [0.29, 0.717) is 0 Å². The summed E-state index contributed by atoms with van der Waals surface area (Å²) in [4.78, 5) is 2.70. The van der Waals surface area contributed by atoms with E-state index in [2.05, 4.69) is 92.3 Å². The smallest absolute Gasteiger partial charge is 0.200 e. The van der Waals surface area contributed by atoms with Crippen LogP contribution >= 0.6 is 11.8 Å². The molecule has 0 atom stereocenters. The molecule has 0 fully saturated rings. The monoisotopic (exact) mass is 459 g/mol. The van der Waals surface area contributed by atoms with Gasteiger partial charge < -0.3 is 0 Å². The lowest BCUT2D eigenvalue weighted by Crippen LogP contribution is -2.32. The number of nitrogens with zero attached hydrogens (tertiary/aromatic N) is 2. The summed E-state index contributed by atoms with van der Waals surface area (Å²) in [7, 11) is 2.17. The molecule has 3 heteroatoms. The summed E-state index contributed by atoms with van der Waals surface area (Å²) in [6, 6.07) is 22.6. The lowest BCUT2D eigenvalue weighted by atomic mass is 9.86.